The Hall–Kier alpha value is -2.77. The molecule has 1 unspecified atom stereocenters. The van der Waals surface area contributed by atoms with E-state index >= 15 is 0 Å². The number of rotatable bonds is 13. The van der Waals surface area contributed by atoms with Crippen LogP contribution in [0.1, 0.15) is 57.4 Å². The number of nitrogens with one attached hydrogen (secondary N) is 2. The number of hydrogen-bond acceptors (Lipinski definition) is 5. The van der Waals surface area contributed by atoms with Crippen molar-refractivity contribution in [3.8, 4) is 10.6 Å². The molecule has 0 radical (unpaired) electrons. The summed E-state index contributed by atoms with van der Waals surface area (Å²) in [4.78, 5) is 25.7. The van der Waals surface area contributed by atoms with Crippen molar-refractivity contribution >= 4 is 39.9 Å². The largest absolute Gasteiger partial charge is 0.344 e. The van der Waals surface area contributed by atoms with Crippen LogP contribution in [0.2, 0.25) is 5.02 Å². The molecule has 0 aliphatic rings. The average Bonchev–Trinajstić information content (AvgIpc) is 3.30. The summed E-state index contributed by atoms with van der Waals surface area (Å²) < 4.78 is 0. The van der Waals surface area contributed by atoms with Crippen LogP contribution in [0.5, 0.6) is 0 Å². The molecule has 0 aliphatic heterocycles. The predicted octanol–water partition coefficient (Wildman–Crippen LogP) is 6.28. The molecule has 8 heteroatoms. The van der Waals surface area contributed by atoms with Gasteiger partial charge in [0, 0.05) is 23.4 Å². The van der Waals surface area contributed by atoms with Crippen molar-refractivity contribution < 1.29 is 9.59 Å². The maximum Gasteiger partial charge on any atom is 0.249 e. The summed E-state index contributed by atoms with van der Waals surface area (Å²) in [6.07, 6.45) is 7.45. The minimum absolute atomic E-state index is 0.108. The van der Waals surface area contributed by atoms with Crippen LogP contribution in [0.3, 0.4) is 0 Å². The van der Waals surface area contributed by atoms with Crippen LogP contribution in [0.4, 0.5) is 5.13 Å². The highest BCUT2D eigenvalue weighted by Gasteiger charge is 2.22. The third-order valence-electron chi connectivity index (χ3n) is 5.42. The molecule has 0 fully saturated rings. The lowest BCUT2D eigenvalue weighted by atomic mass is 10.0. The lowest BCUT2D eigenvalue weighted by molar-refractivity contribution is -0.126. The van der Waals surface area contributed by atoms with E-state index in [2.05, 4.69) is 27.8 Å². The number of carbonyl (C=O) groups is 2. The summed E-state index contributed by atoms with van der Waals surface area (Å²) in [6, 6.07) is 16.3. The molecule has 0 aliphatic carbocycles. The second-order valence-corrected chi connectivity index (χ2v) is 9.65. The first-order chi connectivity index (χ1) is 16.5. The summed E-state index contributed by atoms with van der Waals surface area (Å²) in [7, 11) is 0. The molecule has 1 heterocycles. The van der Waals surface area contributed by atoms with E-state index in [0.717, 1.165) is 30.4 Å². The van der Waals surface area contributed by atoms with Gasteiger partial charge in [-0.15, -0.1) is 10.2 Å². The first kappa shape index (κ1) is 25.8. The highest BCUT2D eigenvalue weighted by atomic mass is 35.5. The summed E-state index contributed by atoms with van der Waals surface area (Å²) in [5, 5.41) is 15.6. The van der Waals surface area contributed by atoms with E-state index in [1.54, 1.807) is 12.1 Å². The average molecular weight is 499 g/mol. The molecule has 2 amide bonds. The molecule has 6 nitrogen and oxygen atoms in total. The number of carbonyl (C=O) groups excluding carboxylic acids is 2. The number of halogens is 1. The monoisotopic (exact) mass is 498 g/mol. The van der Waals surface area contributed by atoms with Gasteiger partial charge in [0.25, 0.3) is 0 Å². The normalized spacial score (nSPS) is 11.7. The number of anilines is 1. The SMILES string of the molecule is CCCCCCCCC(=O)NC(Cc1ccccc1)C(=O)Nc1nnc(-c2cccc(Cl)c2)s1. The van der Waals surface area contributed by atoms with Crippen LogP contribution in [0.15, 0.2) is 54.6 Å². The van der Waals surface area contributed by atoms with E-state index < -0.39 is 6.04 Å². The van der Waals surface area contributed by atoms with E-state index in [0.29, 0.717) is 28.0 Å². The molecule has 34 heavy (non-hydrogen) atoms. The zero-order valence-corrected chi connectivity index (χ0v) is 21.0. The Bertz CT molecular complexity index is 1060. The third-order valence-corrected chi connectivity index (χ3v) is 6.54. The quantitative estimate of drug-likeness (QED) is 0.272. The number of hydrogen-bond donors (Lipinski definition) is 2. The van der Waals surface area contributed by atoms with E-state index in [1.807, 2.05) is 42.5 Å². The lowest BCUT2D eigenvalue weighted by Crippen LogP contribution is -2.45. The molecule has 2 aromatic carbocycles. The van der Waals surface area contributed by atoms with Crippen molar-refractivity contribution in [2.45, 2.75) is 64.3 Å². The van der Waals surface area contributed by atoms with E-state index in [4.69, 9.17) is 11.6 Å². The molecule has 0 spiro atoms. The standard InChI is InChI=1S/C26H31ClN4O2S/c1-2-3-4-5-6-10-16-23(32)28-22(17-19-12-8-7-9-13-19)24(33)29-26-31-30-25(34-26)20-14-11-15-21(27)18-20/h7-9,11-15,18,22H,2-6,10,16-17H2,1H3,(H,28,32)(H,29,31,33). The maximum absolute atomic E-state index is 13.1. The van der Waals surface area contributed by atoms with E-state index in [-0.39, 0.29) is 11.8 Å². The van der Waals surface area contributed by atoms with Gasteiger partial charge in [0.1, 0.15) is 11.0 Å². The van der Waals surface area contributed by atoms with Crippen LogP contribution < -0.4 is 10.6 Å². The number of unbranched alkanes of at least 4 members (excludes halogenated alkanes) is 5. The first-order valence-corrected chi connectivity index (χ1v) is 13.0. The Morgan fingerprint density at radius 2 is 1.74 bits per heavy atom. The van der Waals surface area contributed by atoms with Crippen molar-refractivity contribution in [1.29, 1.82) is 0 Å². The second-order valence-electron chi connectivity index (χ2n) is 8.24. The Kier molecular flexibility index (Phi) is 10.5. The van der Waals surface area contributed by atoms with Crippen LogP contribution in [-0.4, -0.2) is 28.1 Å². The molecule has 180 valence electrons. The topological polar surface area (TPSA) is 84.0 Å². The van der Waals surface area contributed by atoms with Crippen LogP contribution in [-0.2, 0) is 16.0 Å². The summed E-state index contributed by atoms with van der Waals surface area (Å²) in [6.45, 7) is 2.19. The molecule has 1 aromatic heterocycles. The molecule has 3 aromatic rings. The summed E-state index contributed by atoms with van der Waals surface area (Å²) in [5.41, 5.74) is 1.80. The van der Waals surface area contributed by atoms with Gasteiger partial charge >= 0.3 is 0 Å². The van der Waals surface area contributed by atoms with Gasteiger partial charge in [0.05, 0.1) is 0 Å². The fourth-order valence-electron chi connectivity index (χ4n) is 3.60. The third kappa shape index (κ3) is 8.54. The number of nitrogens with zero attached hydrogens (tertiary/aromatic N) is 2. The number of amides is 2. The van der Waals surface area contributed by atoms with Crippen LogP contribution in [0, 0.1) is 0 Å². The Morgan fingerprint density at radius 1 is 0.971 bits per heavy atom. The Labute approximate surface area is 210 Å². The molecule has 0 saturated carbocycles. The van der Waals surface area contributed by atoms with Gasteiger partial charge < -0.3 is 5.32 Å². The van der Waals surface area contributed by atoms with Gasteiger partial charge in [-0.1, -0.05) is 104 Å². The van der Waals surface area contributed by atoms with E-state index in [9.17, 15) is 9.59 Å². The molecular weight excluding hydrogens is 468 g/mol. The van der Waals surface area contributed by atoms with Gasteiger partial charge in [0.15, 0.2) is 0 Å². The summed E-state index contributed by atoms with van der Waals surface area (Å²) in [5.74, 6) is -0.419. The fraction of sp³-hybridized carbons (Fsp3) is 0.385. The van der Waals surface area contributed by atoms with Crippen LogP contribution >= 0.6 is 22.9 Å². The van der Waals surface area contributed by atoms with Crippen molar-refractivity contribution in [2.75, 3.05) is 5.32 Å². The van der Waals surface area contributed by atoms with Gasteiger partial charge in [-0.3, -0.25) is 14.9 Å². The van der Waals surface area contributed by atoms with Crippen molar-refractivity contribution in [3.05, 3.63) is 65.2 Å². The molecule has 0 bridgehead atoms. The Morgan fingerprint density at radius 3 is 2.50 bits per heavy atom. The van der Waals surface area contributed by atoms with Crippen LogP contribution in [0.25, 0.3) is 10.6 Å². The highest BCUT2D eigenvalue weighted by Crippen LogP contribution is 2.28. The van der Waals surface area contributed by atoms with Gasteiger partial charge in [0.2, 0.25) is 16.9 Å². The number of benzene rings is 2. The second kappa shape index (κ2) is 13.8. The molecule has 1 atom stereocenters. The van der Waals surface area contributed by atoms with E-state index in [1.165, 1.54) is 30.6 Å². The Balaban J connectivity index is 1.61. The maximum atomic E-state index is 13.1. The van der Waals surface area contributed by atoms with Crippen molar-refractivity contribution in [1.82, 2.24) is 15.5 Å². The molecular formula is C26H31ClN4O2S. The predicted molar refractivity (Wildman–Crippen MR) is 139 cm³/mol. The number of aromatic nitrogens is 2. The van der Waals surface area contributed by atoms with Gasteiger partial charge in [-0.25, -0.2) is 0 Å². The van der Waals surface area contributed by atoms with Gasteiger partial charge in [-0.05, 0) is 24.1 Å². The highest BCUT2D eigenvalue weighted by molar-refractivity contribution is 7.18. The smallest absolute Gasteiger partial charge is 0.249 e. The zero-order chi connectivity index (χ0) is 24.2. The fourth-order valence-corrected chi connectivity index (χ4v) is 4.53. The minimum atomic E-state index is -0.700. The molecule has 2 N–H and O–H groups in total. The summed E-state index contributed by atoms with van der Waals surface area (Å²) >= 11 is 7.33. The first-order valence-electron chi connectivity index (χ1n) is 11.8. The minimum Gasteiger partial charge on any atom is -0.344 e. The van der Waals surface area contributed by atoms with Crippen molar-refractivity contribution in [2.24, 2.45) is 0 Å². The lowest BCUT2D eigenvalue weighted by Gasteiger charge is -2.18. The zero-order valence-electron chi connectivity index (χ0n) is 19.4. The van der Waals surface area contributed by atoms with Gasteiger partial charge in [-0.2, -0.15) is 0 Å². The molecule has 3 rings (SSSR count). The van der Waals surface area contributed by atoms with Crippen molar-refractivity contribution in [3.63, 3.8) is 0 Å². The molecule has 0 saturated heterocycles.